The summed E-state index contributed by atoms with van der Waals surface area (Å²) in [6, 6.07) is 8.91. The van der Waals surface area contributed by atoms with E-state index in [4.69, 9.17) is 0 Å². The van der Waals surface area contributed by atoms with Crippen LogP contribution in [0.15, 0.2) is 30.3 Å². The molecule has 1 rings (SSSR count). The molecule has 0 unspecified atom stereocenters. The number of nitrogens with one attached hydrogen (secondary N) is 1. The smallest absolute Gasteiger partial charge is 0.413 e. The quantitative estimate of drug-likeness (QED) is 0.852. The van der Waals surface area contributed by atoms with Gasteiger partial charge in [0.25, 0.3) is 0 Å². The van der Waals surface area contributed by atoms with Crippen LogP contribution in [0.4, 0.5) is 4.79 Å². The van der Waals surface area contributed by atoms with E-state index < -0.39 is 21.8 Å². The van der Waals surface area contributed by atoms with Crippen molar-refractivity contribution in [3.05, 3.63) is 35.9 Å². The predicted molar refractivity (Wildman–Crippen MR) is 69.3 cm³/mol. The average molecular weight is 285 g/mol. The maximum absolute atomic E-state index is 11.5. The van der Waals surface area contributed by atoms with E-state index in [1.165, 1.54) is 0 Å². The van der Waals surface area contributed by atoms with Crippen LogP contribution in [0.3, 0.4) is 0 Å². The van der Waals surface area contributed by atoms with E-state index in [0.29, 0.717) is 0 Å². The highest BCUT2D eigenvalue weighted by Crippen LogP contribution is 1.99. The van der Waals surface area contributed by atoms with Gasteiger partial charge in [0.15, 0.2) is 9.84 Å². The van der Waals surface area contributed by atoms with Gasteiger partial charge in [-0.15, -0.1) is 0 Å². The maximum atomic E-state index is 11.5. The lowest BCUT2D eigenvalue weighted by Crippen LogP contribution is -2.33. The number of benzene rings is 1. The zero-order valence-corrected chi connectivity index (χ0v) is 11.3. The van der Waals surface area contributed by atoms with E-state index in [-0.39, 0.29) is 18.8 Å². The van der Waals surface area contributed by atoms with E-state index in [2.05, 4.69) is 4.74 Å². The Bertz CT molecular complexity index is 538. The number of rotatable bonds is 5. The van der Waals surface area contributed by atoms with Crippen LogP contribution < -0.4 is 5.32 Å². The van der Waals surface area contributed by atoms with Crippen LogP contribution in [0, 0.1) is 0 Å². The molecule has 6 nitrogen and oxygen atoms in total. The van der Waals surface area contributed by atoms with Crippen molar-refractivity contribution in [2.24, 2.45) is 0 Å². The molecule has 0 aliphatic heterocycles. The van der Waals surface area contributed by atoms with Crippen molar-refractivity contribution in [1.29, 1.82) is 0 Å². The second-order valence-corrected chi connectivity index (χ2v) is 6.24. The van der Waals surface area contributed by atoms with Gasteiger partial charge in [-0.2, -0.15) is 0 Å². The minimum atomic E-state index is -3.19. The van der Waals surface area contributed by atoms with Crippen LogP contribution in [0.2, 0.25) is 0 Å². The third-order valence-electron chi connectivity index (χ3n) is 2.14. The first kappa shape index (κ1) is 15.2. The van der Waals surface area contributed by atoms with Crippen LogP contribution >= 0.6 is 0 Å². The van der Waals surface area contributed by atoms with Crippen LogP contribution in [0.1, 0.15) is 5.56 Å². The van der Waals surface area contributed by atoms with Crippen molar-refractivity contribution >= 4 is 21.8 Å². The Labute approximate surface area is 111 Å². The molecule has 0 bridgehead atoms. The zero-order chi connectivity index (χ0) is 14.3. The molecule has 1 aromatic carbocycles. The Balaban J connectivity index is 2.31. The van der Waals surface area contributed by atoms with Gasteiger partial charge in [-0.3, -0.25) is 10.1 Å². The van der Waals surface area contributed by atoms with Crippen LogP contribution in [-0.4, -0.2) is 39.0 Å². The fourth-order valence-electron chi connectivity index (χ4n) is 1.26. The molecule has 2 amide bonds. The van der Waals surface area contributed by atoms with Crippen LogP contribution in [0.5, 0.6) is 0 Å². The number of amides is 2. The zero-order valence-electron chi connectivity index (χ0n) is 10.5. The van der Waals surface area contributed by atoms with Gasteiger partial charge in [0.2, 0.25) is 5.91 Å². The van der Waals surface area contributed by atoms with E-state index in [1.54, 1.807) is 24.3 Å². The lowest BCUT2D eigenvalue weighted by Gasteiger charge is -2.05. The standard InChI is InChI=1S/C12H15NO5S/c1-19(16,17)8-7-18-12(15)13-11(14)9-10-5-3-2-4-6-10/h2-6H,7-9H2,1H3,(H,13,14,15). The lowest BCUT2D eigenvalue weighted by molar-refractivity contribution is -0.119. The Kier molecular flexibility index (Phi) is 5.50. The highest BCUT2D eigenvalue weighted by Gasteiger charge is 2.10. The minimum absolute atomic E-state index is 0.0576. The molecule has 0 aliphatic rings. The molecule has 19 heavy (non-hydrogen) atoms. The molecule has 7 heteroatoms. The number of alkyl carbamates (subject to hydrolysis) is 1. The third kappa shape index (κ3) is 7.20. The molecule has 0 heterocycles. The molecule has 1 aromatic rings. The largest absolute Gasteiger partial charge is 0.448 e. The van der Waals surface area contributed by atoms with Crippen molar-refractivity contribution in [3.63, 3.8) is 0 Å². The van der Waals surface area contributed by atoms with Gasteiger partial charge >= 0.3 is 6.09 Å². The monoisotopic (exact) mass is 285 g/mol. The van der Waals surface area contributed by atoms with Gasteiger partial charge in [-0.25, -0.2) is 13.2 Å². The fraction of sp³-hybridized carbons (Fsp3) is 0.333. The number of ether oxygens (including phenoxy) is 1. The molecular weight excluding hydrogens is 270 g/mol. The van der Waals surface area contributed by atoms with Crippen LogP contribution in [-0.2, 0) is 25.8 Å². The van der Waals surface area contributed by atoms with Crippen molar-refractivity contribution < 1.29 is 22.7 Å². The summed E-state index contributed by atoms with van der Waals surface area (Å²) in [7, 11) is -3.19. The van der Waals surface area contributed by atoms with Gasteiger partial charge in [-0.05, 0) is 5.56 Å². The Morgan fingerprint density at radius 1 is 1.21 bits per heavy atom. The lowest BCUT2D eigenvalue weighted by atomic mass is 10.1. The Morgan fingerprint density at radius 3 is 2.42 bits per heavy atom. The summed E-state index contributed by atoms with van der Waals surface area (Å²) in [6.07, 6.45) is 0.154. The van der Waals surface area contributed by atoms with Gasteiger partial charge in [0.1, 0.15) is 6.61 Å². The number of carbonyl (C=O) groups is 2. The molecule has 104 valence electrons. The SMILES string of the molecule is CS(=O)(=O)CCOC(=O)NC(=O)Cc1ccccc1. The van der Waals surface area contributed by atoms with E-state index in [9.17, 15) is 18.0 Å². The Hall–Kier alpha value is -1.89. The number of carbonyl (C=O) groups excluding carboxylic acids is 2. The number of imide groups is 1. The first-order valence-corrected chi connectivity index (χ1v) is 7.61. The summed E-state index contributed by atoms with van der Waals surface area (Å²) in [4.78, 5) is 22.6. The van der Waals surface area contributed by atoms with Crippen molar-refractivity contribution in [2.45, 2.75) is 6.42 Å². The van der Waals surface area contributed by atoms with E-state index in [0.717, 1.165) is 11.8 Å². The molecular formula is C12H15NO5S. The average Bonchev–Trinajstić information content (AvgIpc) is 2.28. The highest BCUT2D eigenvalue weighted by molar-refractivity contribution is 7.90. The molecule has 0 saturated carbocycles. The molecule has 0 aromatic heterocycles. The van der Waals surface area contributed by atoms with Crippen molar-refractivity contribution in [3.8, 4) is 0 Å². The van der Waals surface area contributed by atoms with Gasteiger partial charge in [0, 0.05) is 6.26 Å². The fourth-order valence-corrected chi connectivity index (χ4v) is 1.65. The minimum Gasteiger partial charge on any atom is -0.448 e. The molecule has 0 fully saturated rings. The second-order valence-electron chi connectivity index (χ2n) is 3.98. The molecule has 0 saturated heterocycles. The van der Waals surface area contributed by atoms with Crippen molar-refractivity contribution in [2.75, 3.05) is 18.6 Å². The highest BCUT2D eigenvalue weighted by atomic mass is 32.2. The van der Waals surface area contributed by atoms with E-state index in [1.807, 2.05) is 11.4 Å². The normalized spacial score (nSPS) is 10.8. The number of sulfone groups is 1. The first-order chi connectivity index (χ1) is 8.87. The van der Waals surface area contributed by atoms with Crippen LogP contribution in [0.25, 0.3) is 0 Å². The summed E-state index contributed by atoms with van der Waals surface area (Å²) < 4.78 is 26.2. The summed E-state index contributed by atoms with van der Waals surface area (Å²) in [5.41, 5.74) is 0.768. The first-order valence-electron chi connectivity index (χ1n) is 5.55. The molecule has 0 radical (unpaired) electrons. The van der Waals surface area contributed by atoms with Gasteiger partial charge in [-0.1, -0.05) is 30.3 Å². The van der Waals surface area contributed by atoms with Gasteiger partial charge in [0.05, 0.1) is 12.2 Å². The molecule has 0 spiro atoms. The summed E-state index contributed by atoms with van der Waals surface area (Å²) in [5, 5.41) is 2.02. The summed E-state index contributed by atoms with van der Waals surface area (Å²) in [6.45, 7) is -0.275. The predicted octanol–water partition coefficient (Wildman–Crippen LogP) is 0.526. The molecule has 1 N–H and O–H groups in total. The number of hydrogen-bond acceptors (Lipinski definition) is 5. The van der Waals surface area contributed by atoms with Crippen molar-refractivity contribution in [1.82, 2.24) is 5.32 Å². The molecule has 0 atom stereocenters. The second kappa shape index (κ2) is 6.89. The summed E-state index contributed by atoms with van der Waals surface area (Å²) >= 11 is 0. The maximum Gasteiger partial charge on any atom is 0.413 e. The molecule has 0 aliphatic carbocycles. The Morgan fingerprint density at radius 2 is 1.84 bits per heavy atom. The third-order valence-corrected chi connectivity index (χ3v) is 3.04. The van der Waals surface area contributed by atoms with E-state index >= 15 is 0 Å². The topological polar surface area (TPSA) is 89.5 Å². The number of hydrogen-bond donors (Lipinski definition) is 1. The van der Waals surface area contributed by atoms with Gasteiger partial charge < -0.3 is 4.74 Å². The summed E-state index contributed by atoms with van der Waals surface area (Å²) in [5.74, 6) is -0.775.